The minimum atomic E-state index is -0.444. The smallest absolute Gasteiger partial charge is 0.123 e. The van der Waals surface area contributed by atoms with Crippen LogP contribution in [0.1, 0.15) is 65.0 Å². The average Bonchev–Trinajstić information content (AvgIpc) is 2.75. The van der Waals surface area contributed by atoms with Gasteiger partial charge in [0.15, 0.2) is 0 Å². The molecule has 6 heteroatoms. The highest BCUT2D eigenvalue weighted by atomic mass is 16.3. The Kier molecular flexibility index (Phi) is 5.85. The molecule has 1 aliphatic carbocycles. The van der Waals surface area contributed by atoms with Crippen molar-refractivity contribution in [1.82, 2.24) is 0 Å². The third-order valence-corrected chi connectivity index (χ3v) is 6.65. The number of hydrogen-bond acceptors (Lipinski definition) is 6. The lowest BCUT2D eigenvalue weighted by atomic mass is 9.83. The second-order valence-electron chi connectivity index (χ2n) is 8.78. The number of hydrogen-bond donors (Lipinski definition) is 6. The van der Waals surface area contributed by atoms with Crippen molar-refractivity contribution in [2.75, 3.05) is 0 Å². The Hall–Kier alpha value is -3.80. The van der Waals surface area contributed by atoms with Gasteiger partial charge < -0.3 is 30.6 Å². The lowest BCUT2D eigenvalue weighted by Crippen LogP contribution is -2.06. The van der Waals surface area contributed by atoms with Gasteiger partial charge in [-0.2, -0.15) is 0 Å². The van der Waals surface area contributed by atoms with Crippen LogP contribution in [0.15, 0.2) is 49.1 Å². The normalized spacial score (nSPS) is 17.8. The predicted octanol–water partition coefficient (Wildman–Crippen LogP) is 5.27. The zero-order valence-electron chi connectivity index (χ0n) is 18.4. The van der Waals surface area contributed by atoms with Gasteiger partial charge in [-0.25, -0.2) is 0 Å². The van der Waals surface area contributed by atoms with Gasteiger partial charge in [-0.3, -0.25) is 0 Å². The van der Waals surface area contributed by atoms with E-state index in [9.17, 15) is 30.6 Å². The third-order valence-electron chi connectivity index (χ3n) is 6.65. The van der Waals surface area contributed by atoms with E-state index in [1.54, 1.807) is 24.3 Å². The molecule has 2 unspecified atom stereocenters. The summed E-state index contributed by atoms with van der Waals surface area (Å²) in [5.74, 6) is -1.06. The first kappa shape index (κ1) is 22.4. The Morgan fingerprint density at radius 3 is 1.88 bits per heavy atom. The molecule has 0 spiro atoms. The minimum Gasteiger partial charge on any atom is -0.508 e. The Bertz CT molecular complexity index is 1230. The highest BCUT2D eigenvalue weighted by Gasteiger charge is 2.24. The molecule has 3 aromatic rings. The molecule has 2 atom stereocenters. The summed E-state index contributed by atoms with van der Waals surface area (Å²) in [4.78, 5) is 0. The molecule has 0 aliphatic heterocycles. The van der Waals surface area contributed by atoms with Gasteiger partial charge in [0, 0.05) is 41.7 Å². The van der Waals surface area contributed by atoms with Crippen molar-refractivity contribution in [2.45, 2.75) is 44.4 Å². The van der Waals surface area contributed by atoms with Crippen molar-refractivity contribution >= 4 is 0 Å². The lowest BCUT2D eigenvalue weighted by molar-refractivity contribution is 0.429. The van der Waals surface area contributed by atoms with Crippen LogP contribution in [0, 0.1) is 0 Å². The Labute approximate surface area is 192 Å². The van der Waals surface area contributed by atoms with Gasteiger partial charge in [-0.05, 0) is 65.6 Å². The van der Waals surface area contributed by atoms with Crippen LogP contribution < -0.4 is 0 Å². The molecule has 4 rings (SSSR count). The molecular weight excluding hydrogens is 420 g/mol. The number of rotatable bonds is 2. The summed E-state index contributed by atoms with van der Waals surface area (Å²) >= 11 is 0. The third kappa shape index (κ3) is 4.16. The van der Waals surface area contributed by atoms with Gasteiger partial charge in [0.05, 0.1) is 0 Å². The second kappa shape index (κ2) is 8.62. The molecule has 6 nitrogen and oxygen atoms in total. The van der Waals surface area contributed by atoms with Gasteiger partial charge in [0.1, 0.15) is 34.5 Å². The number of aromatic hydroxyl groups is 6. The quantitative estimate of drug-likeness (QED) is 0.297. The van der Waals surface area contributed by atoms with Crippen LogP contribution >= 0.6 is 0 Å². The van der Waals surface area contributed by atoms with Gasteiger partial charge in [-0.15, -0.1) is 6.58 Å². The number of allylic oxidation sites excluding steroid dienone is 1. The zero-order valence-corrected chi connectivity index (χ0v) is 18.4. The van der Waals surface area contributed by atoms with E-state index >= 15 is 0 Å². The topological polar surface area (TPSA) is 121 Å². The van der Waals surface area contributed by atoms with Crippen LogP contribution in [0.4, 0.5) is 0 Å². The molecule has 0 amide bonds. The molecule has 0 radical (unpaired) electrons. The van der Waals surface area contributed by atoms with E-state index in [1.807, 2.05) is 6.92 Å². The number of fused-ring (bicyclic) bond motifs is 6. The molecule has 33 heavy (non-hydrogen) atoms. The van der Waals surface area contributed by atoms with Crippen LogP contribution in [0.5, 0.6) is 34.5 Å². The fourth-order valence-corrected chi connectivity index (χ4v) is 4.73. The summed E-state index contributed by atoms with van der Waals surface area (Å²) in [6.07, 6.45) is 3.59. The summed E-state index contributed by atoms with van der Waals surface area (Å²) in [6.45, 7) is 5.66. The summed E-state index contributed by atoms with van der Waals surface area (Å²) in [7, 11) is 0. The largest absolute Gasteiger partial charge is 0.508 e. The number of aryl methyl sites for hydroxylation is 1. The maximum atomic E-state index is 10.6. The summed E-state index contributed by atoms with van der Waals surface area (Å²) in [5, 5.41) is 63.1. The van der Waals surface area contributed by atoms with E-state index in [0.717, 1.165) is 0 Å². The maximum Gasteiger partial charge on any atom is 0.123 e. The standard InChI is InChI=1S/C27H28O6/c1-3-4-15-5-6-16-7-17(23(29)11-22(16)28)8-18-9-19(25(31)12-24(18)30)14(2)20-10-21(15)27(33)13-26(20)32/h3,7,9-15,28-33H,1,4-6,8H2,2H3. The first-order chi connectivity index (χ1) is 15.7. The predicted molar refractivity (Wildman–Crippen MR) is 126 cm³/mol. The summed E-state index contributed by atoms with van der Waals surface area (Å²) in [6, 6.07) is 9.00. The first-order valence-corrected chi connectivity index (χ1v) is 10.9. The Morgan fingerprint density at radius 2 is 1.21 bits per heavy atom. The van der Waals surface area contributed by atoms with Crippen LogP contribution in [0.2, 0.25) is 0 Å². The SMILES string of the molecule is C=CCC1CCc2cc(c(O)cc2O)Cc2cc(c(O)cc2O)C(C)c2cc1c(O)cc2O. The van der Waals surface area contributed by atoms with Crippen molar-refractivity contribution in [3.8, 4) is 34.5 Å². The molecular formula is C27H28O6. The van der Waals surface area contributed by atoms with Gasteiger partial charge in [0.2, 0.25) is 0 Å². The fourth-order valence-electron chi connectivity index (χ4n) is 4.73. The minimum absolute atomic E-state index is 0.0273. The van der Waals surface area contributed by atoms with E-state index in [4.69, 9.17) is 0 Å². The highest BCUT2D eigenvalue weighted by molar-refractivity contribution is 5.56. The zero-order chi connectivity index (χ0) is 23.9. The molecule has 0 fully saturated rings. The van der Waals surface area contributed by atoms with E-state index in [2.05, 4.69) is 6.58 Å². The second-order valence-corrected chi connectivity index (χ2v) is 8.78. The summed E-state index contributed by atoms with van der Waals surface area (Å²) < 4.78 is 0. The lowest BCUT2D eigenvalue weighted by Gasteiger charge is -2.23. The molecule has 1 aliphatic rings. The van der Waals surface area contributed by atoms with E-state index in [1.165, 1.54) is 18.2 Å². The van der Waals surface area contributed by atoms with Crippen molar-refractivity contribution < 1.29 is 30.6 Å². The van der Waals surface area contributed by atoms with Crippen LogP contribution in [-0.2, 0) is 12.8 Å². The van der Waals surface area contributed by atoms with Crippen LogP contribution in [0.25, 0.3) is 0 Å². The molecule has 0 heterocycles. The maximum absolute atomic E-state index is 10.6. The van der Waals surface area contributed by atoms with Crippen molar-refractivity contribution in [3.05, 3.63) is 82.4 Å². The van der Waals surface area contributed by atoms with Crippen molar-refractivity contribution in [1.29, 1.82) is 0 Å². The number of phenols is 6. The monoisotopic (exact) mass is 448 g/mol. The Balaban J connectivity index is 1.97. The first-order valence-electron chi connectivity index (χ1n) is 10.9. The number of phenolic OH excluding ortho intramolecular Hbond substituents is 6. The van der Waals surface area contributed by atoms with E-state index in [0.29, 0.717) is 52.6 Å². The fraction of sp³-hybridized carbons (Fsp3) is 0.259. The van der Waals surface area contributed by atoms with E-state index < -0.39 is 5.92 Å². The number of benzene rings is 3. The van der Waals surface area contributed by atoms with Crippen molar-refractivity contribution in [3.63, 3.8) is 0 Å². The van der Waals surface area contributed by atoms with Crippen LogP contribution in [-0.4, -0.2) is 30.6 Å². The molecule has 0 aromatic heterocycles. The molecule has 6 N–H and O–H groups in total. The van der Waals surface area contributed by atoms with Gasteiger partial charge >= 0.3 is 0 Å². The molecule has 172 valence electrons. The van der Waals surface area contributed by atoms with Gasteiger partial charge in [0.25, 0.3) is 0 Å². The highest BCUT2D eigenvalue weighted by Crippen LogP contribution is 2.44. The molecule has 6 bridgehead atoms. The average molecular weight is 449 g/mol. The molecule has 0 saturated carbocycles. The van der Waals surface area contributed by atoms with Crippen molar-refractivity contribution in [2.24, 2.45) is 0 Å². The van der Waals surface area contributed by atoms with Gasteiger partial charge in [-0.1, -0.05) is 13.0 Å². The molecule has 0 saturated heterocycles. The molecule has 3 aromatic carbocycles. The summed E-state index contributed by atoms with van der Waals surface area (Å²) in [5.41, 5.74) is 3.32. The van der Waals surface area contributed by atoms with E-state index in [-0.39, 0.29) is 46.8 Å². The Morgan fingerprint density at radius 1 is 0.697 bits per heavy atom. The van der Waals surface area contributed by atoms with Crippen LogP contribution in [0.3, 0.4) is 0 Å².